The quantitative estimate of drug-likeness (QED) is 0.846. The van der Waals surface area contributed by atoms with E-state index in [2.05, 4.69) is 20.6 Å². The standard InChI is InChI=1S/C17H20N4O3/c1-23-15-7-8-18-17(21-15)19-11-12-4-2-5-13(10-12)20-16(22)14-6-3-9-24-14/h2,4-5,7-8,10,14H,3,6,9,11H2,1H3,(H,20,22)(H,18,19,21). The number of anilines is 2. The monoisotopic (exact) mass is 328 g/mol. The summed E-state index contributed by atoms with van der Waals surface area (Å²) in [6.45, 7) is 1.19. The Kier molecular flexibility index (Phi) is 5.22. The molecular formula is C17H20N4O3. The van der Waals surface area contributed by atoms with Crippen LogP contribution in [-0.2, 0) is 16.1 Å². The first-order chi connectivity index (χ1) is 11.7. The van der Waals surface area contributed by atoms with Crippen molar-refractivity contribution in [3.8, 4) is 5.88 Å². The maximum absolute atomic E-state index is 12.1. The average Bonchev–Trinajstić information content (AvgIpc) is 3.15. The van der Waals surface area contributed by atoms with E-state index in [1.54, 1.807) is 19.4 Å². The SMILES string of the molecule is COc1ccnc(NCc2cccc(NC(=O)C3CCCO3)c2)n1. The van der Waals surface area contributed by atoms with Crippen LogP contribution in [0.25, 0.3) is 0 Å². The molecule has 0 spiro atoms. The second-order valence-electron chi connectivity index (χ2n) is 5.47. The van der Waals surface area contributed by atoms with Crippen molar-refractivity contribution < 1.29 is 14.3 Å². The third-order valence-electron chi connectivity index (χ3n) is 3.71. The molecule has 0 bridgehead atoms. The van der Waals surface area contributed by atoms with Crippen LogP contribution in [0.15, 0.2) is 36.5 Å². The van der Waals surface area contributed by atoms with Crippen molar-refractivity contribution in [1.82, 2.24) is 9.97 Å². The summed E-state index contributed by atoms with van der Waals surface area (Å²) in [5.74, 6) is 0.905. The fraction of sp³-hybridized carbons (Fsp3) is 0.353. The molecule has 1 aliphatic heterocycles. The van der Waals surface area contributed by atoms with Crippen molar-refractivity contribution in [1.29, 1.82) is 0 Å². The molecule has 0 aliphatic carbocycles. The van der Waals surface area contributed by atoms with Crippen LogP contribution in [0.2, 0.25) is 0 Å². The van der Waals surface area contributed by atoms with Crippen LogP contribution in [0.1, 0.15) is 18.4 Å². The number of ether oxygens (including phenoxy) is 2. The van der Waals surface area contributed by atoms with Gasteiger partial charge in [-0.2, -0.15) is 4.98 Å². The lowest BCUT2D eigenvalue weighted by atomic mass is 10.2. The molecule has 2 aromatic rings. The highest BCUT2D eigenvalue weighted by Crippen LogP contribution is 2.17. The molecule has 1 saturated heterocycles. The Hall–Kier alpha value is -2.67. The van der Waals surface area contributed by atoms with Crippen molar-refractivity contribution in [2.24, 2.45) is 0 Å². The van der Waals surface area contributed by atoms with Crippen LogP contribution in [0, 0.1) is 0 Å². The number of carbonyl (C=O) groups is 1. The van der Waals surface area contributed by atoms with Gasteiger partial charge in [0, 0.05) is 31.1 Å². The minimum Gasteiger partial charge on any atom is -0.481 e. The van der Waals surface area contributed by atoms with E-state index < -0.39 is 0 Å². The molecule has 126 valence electrons. The van der Waals surface area contributed by atoms with E-state index in [-0.39, 0.29) is 12.0 Å². The van der Waals surface area contributed by atoms with Gasteiger partial charge in [-0.3, -0.25) is 4.79 Å². The summed E-state index contributed by atoms with van der Waals surface area (Å²) in [7, 11) is 1.56. The summed E-state index contributed by atoms with van der Waals surface area (Å²) in [5.41, 5.74) is 1.76. The summed E-state index contributed by atoms with van der Waals surface area (Å²) >= 11 is 0. The number of rotatable bonds is 6. The number of aromatic nitrogens is 2. The fourth-order valence-electron chi connectivity index (χ4n) is 2.49. The van der Waals surface area contributed by atoms with E-state index in [9.17, 15) is 4.79 Å². The third-order valence-corrected chi connectivity index (χ3v) is 3.71. The van der Waals surface area contributed by atoms with Crippen LogP contribution in [0.4, 0.5) is 11.6 Å². The largest absolute Gasteiger partial charge is 0.481 e. The molecule has 0 saturated carbocycles. The Morgan fingerprint density at radius 2 is 2.33 bits per heavy atom. The van der Waals surface area contributed by atoms with E-state index in [1.165, 1.54) is 0 Å². The van der Waals surface area contributed by atoms with Gasteiger partial charge in [-0.1, -0.05) is 12.1 Å². The predicted molar refractivity (Wildman–Crippen MR) is 90.0 cm³/mol. The van der Waals surface area contributed by atoms with Gasteiger partial charge in [0.2, 0.25) is 11.8 Å². The predicted octanol–water partition coefficient (Wildman–Crippen LogP) is 2.21. The van der Waals surface area contributed by atoms with Crippen molar-refractivity contribution in [3.05, 3.63) is 42.1 Å². The Morgan fingerprint density at radius 1 is 1.42 bits per heavy atom. The third kappa shape index (κ3) is 4.20. The summed E-state index contributed by atoms with van der Waals surface area (Å²) in [6.07, 6.45) is 3.01. The molecule has 2 N–H and O–H groups in total. The van der Waals surface area contributed by atoms with Gasteiger partial charge in [0.25, 0.3) is 5.91 Å². The van der Waals surface area contributed by atoms with Gasteiger partial charge >= 0.3 is 0 Å². The molecule has 2 heterocycles. The van der Waals surface area contributed by atoms with Crippen LogP contribution < -0.4 is 15.4 Å². The molecular weight excluding hydrogens is 308 g/mol. The summed E-state index contributed by atoms with van der Waals surface area (Å²) in [5, 5.41) is 6.03. The maximum Gasteiger partial charge on any atom is 0.253 e. The Balaban J connectivity index is 1.59. The van der Waals surface area contributed by atoms with Crippen molar-refractivity contribution in [2.75, 3.05) is 24.4 Å². The number of hydrogen-bond donors (Lipinski definition) is 2. The Bertz CT molecular complexity index is 702. The summed E-state index contributed by atoms with van der Waals surface area (Å²) in [6, 6.07) is 9.33. The molecule has 1 aromatic carbocycles. The number of benzene rings is 1. The number of hydrogen-bond acceptors (Lipinski definition) is 6. The lowest BCUT2D eigenvalue weighted by Crippen LogP contribution is -2.26. The van der Waals surface area contributed by atoms with Gasteiger partial charge < -0.3 is 20.1 Å². The molecule has 1 fully saturated rings. The fourth-order valence-corrected chi connectivity index (χ4v) is 2.49. The number of amides is 1. The Labute approximate surface area is 140 Å². The zero-order valence-corrected chi connectivity index (χ0v) is 13.5. The van der Waals surface area contributed by atoms with E-state index in [4.69, 9.17) is 9.47 Å². The Morgan fingerprint density at radius 3 is 3.12 bits per heavy atom. The van der Waals surface area contributed by atoms with E-state index >= 15 is 0 Å². The molecule has 1 aliphatic rings. The topological polar surface area (TPSA) is 85.4 Å². The zero-order chi connectivity index (χ0) is 16.8. The van der Waals surface area contributed by atoms with Gasteiger partial charge in [0.1, 0.15) is 6.10 Å². The number of nitrogens with one attached hydrogen (secondary N) is 2. The lowest BCUT2D eigenvalue weighted by Gasteiger charge is -2.12. The molecule has 1 amide bonds. The second kappa shape index (κ2) is 7.74. The molecule has 7 heteroatoms. The molecule has 1 unspecified atom stereocenters. The highest BCUT2D eigenvalue weighted by atomic mass is 16.5. The molecule has 24 heavy (non-hydrogen) atoms. The smallest absolute Gasteiger partial charge is 0.253 e. The van der Waals surface area contributed by atoms with Gasteiger partial charge in [0.15, 0.2) is 0 Å². The average molecular weight is 328 g/mol. The summed E-state index contributed by atoms with van der Waals surface area (Å²) in [4.78, 5) is 20.4. The van der Waals surface area contributed by atoms with Crippen molar-refractivity contribution in [2.45, 2.75) is 25.5 Å². The number of nitrogens with zero attached hydrogens (tertiary/aromatic N) is 2. The molecule has 7 nitrogen and oxygen atoms in total. The van der Waals surface area contributed by atoms with Crippen molar-refractivity contribution >= 4 is 17.5 Å². The van der Waals surface area contributed by atoms with E-state index in [0.717, 1.165) is 24.1 Å². The molecule has 1 atom stereocenters. The second-order valence-corrected chi connectivity index (χ2v) is 5.47. The number of carbonyl (C=O) groups excluding carboxylic acids is 1. The van der Waals surface area contributed by atoms with Gasteiger partial charge in [-0.15, -0.1) is 0 Å². The maximum atomic E-state index is 12.1. The summed E-state index contributed by atoms with van der Waals surface area (Å²) < 4.78 is 10.5. The highest BCUT2D eigenvalue weighted by molar-refractivity contribution is 5.94. The van der Waals surface area contributed by atoms with Gasteiger partial charge in [-0.25, -0.2) is 4.98 Å². The van der Waals surface area contributed by atoms with E-state index in [0.29, 0.717) is 25.0 Å². The van der Waals surface area contributed by atoms with Crippen molar-refractivity contribution in [3.63, 3.8) is 0 Å². The first kappa shape index (κ1) is 16.2. The van der Waals surface area contributed by atoms with Gasteiger partial charge in [-0.05, 0) is 30.5 Å². The van der Waals surface area contributed by atoms with Crippen LogP contribution in [0.3, 0.4) is 0 Å². The first-order valence-corrected chi connectivity index (χ1v) is 7.87. The lowest BCUT2D eigenvalue weighted by molar-refractivity contribution is -0.124. The van der Waals surface area contributed by atoms with E-state index in [1.807, 2.05) is 24.3 Å². The molecule has 0 radical (unpaired) electrons. The number of methoxy groups -OCH3 is 1. The van der Waals surface area contributed by atoms with Gasteiger partial charge in [0.05, 0.1) is 7.11 Å². The highest BCUT2D eigenvalue weighted by Gasteiger charge is 2.23. The van der Waals surface area contributed by atoms with Crippen LogP contribution >= 0.6 is 0 Å². The molecule has 3 rings (SSSR count). The first-order valence-electron chi connectivity index (χ1n) is 7.87. The van der Waals surface area contributed by atoms with Crippen LogP contribution in [0.5, 0.6) is 5.88 Å². The molecule has 1 aromatic heterocycles. The van der Waals surface area contributed by atoms with Crippen LogP contribution in [-0.4, -0.2) is 35.7 Å². The minimum atomic E-state index is -0.336. The zero-order valence-electron chi connectivity index (χ0n) is 13.5. The normalized spacial score (nSPS) is 16.6. The minimum absolute atomic E-state index is 0.0891.